The van der Waals surface area contributed by atoms with Gasteiger partial charge in [-0.25, -0.2) is 4.98 Å². The van der Waals surface area contributed by atoms with Crippen LogP contribution in [-0.2, 0) is 13.0 Å². The Kier molecular flexibility index (Phi) is 4.36. The summed E-state index contributed by atoms with van der Waals surface area (Å²) in [5.41, 5.74) is 1.93. The van der Waals surface area contributed by atoms with Gasteiger partial charge in [-0.2, -0.15) is 0 Å². The Morgan fingerprint density at radius 3 is 2.88 bits per heavy atom. The number of thiophene rings is 1. The molecule has 4 rings (SSSR count). The summed E-state index contributed by atoms with van der Waals surface area (Å²) in [5.74, 6) is 0.939. The van der Waals surface area contributed by atoms with Crippen molar-refractivity contribution in [2.45, 2.75) is 39.2 Å². The third-order valence-electron chi connectivity index (χ3n) is 5.06. The molecule has 1 aliphatic heterocycles. The lowest BCUT2D eigenvalue weighted by atomic mass is 10.0. The van der Waals surface area contributed by atoms with Crippen LogP contribution in [0.2, 0.25) is 0 Å². The highest BCUT2D eigenvalue weighted by Gasteiger charge is 2.23. The maximum Gasteiger partial charge on any atom is 0.262 e. The van der Waals surface area contributed by atoms with E-state index in [2.05, 4.69) is 29.4 Å². The summed E-state index contributed by atoms with van der Waals surface area (Å²) in [4.78, 5) is 31.3. The van der Waals surface area contributed by atoms with Gasteiger partial charge < -0.3 is 5.32 Å². The Morgan fingerprint density at radius 1 is 1.35 bits per heavy atom. The normalized spacial score (nSPS) is 14.4. The lowest BCUT2D eigenvalue weighted by Crippen LogP contribution is -2.27. The fourth-order valence-corrected chi connectivity index (χ4v) is 4.62. The van der Waals surface area contributed by atoms with Crippen molar-refractivity contribution in [1.29, 1.82) is 0 Å². The fourth-order valence-electron chi connectivity index (χ4n) is 3.52. The molecule has 0 radical (unpaired) electrons. The van der Waals surface area contributed by atoms with Gasteiger partial charge in [0.25, 0.3) is 11.5 Å². The second kappa shape index (κ2) is 6.68. The molecule has 26 heavy (non-hydrogen) atoms. The van der Waals surface area contributed by atoms with Crippen LogP contribution >= 0.6 is 11.3 Å². The van der Waals surface area contributed by atoms with Gasteiger partial charge in [0, 0.05) is 19.5 Å². The molecule has 1 atom stereocenters. The van der Waals surface area contributed by atoms with Crippen molar-refractivity contribution in [3.63, 3.8) is 0 Å². The van der Waals surface area contributed by atoms with Crippen LogP contribution < -0.4 is 10.9 Å². The van der Waals surface area contributed by atoms with Crippen molar-refractivity contribution in [3.05, 3.63) is 62.5 Å². The smallest absolute Gasteiger partial charge is 0.262 e. The Labute approximate surface area is 155 Å². The number of nitrogens with zero attached hydrogens (tertiary/aromatic N) is 2. The minimum atomic E-state index is -0.127. The van der Waals surface area contributed by atoms with E-state index in [9.17, 15) is 9.59 Å². The maximum atomic E-state index is 12.7. The molecule has 0 unspecified atom stereocenters. The number of carbonyl (C=O) groups excluding carboxylic acids is 1. The second-order valence-electron chi connectivity index (χ2n) is 6.85. The Morgan fingerprint density at radius 2 is 2.12 bits per heavy atom. The summed E-state index contributed by atoms with van der Waals surface area (Å²) >= 11 is 1.32. The van der Waals surface area contributed by atoms with E-state index in [1.165, 1.54) is 16.9 Å². The molecule has 0 bridgehead atoms. The predicted molar refractivity (Wildman–Crippen MR) is 104 cm³/mol. The largest absolute Gasteiger partial charge is 0.351 e. The zero-order chi connectivity index (χ0) is 18.3. The Balaban J connectivity index is 1.59. The number of nitrogens with one attached hydrogen (secondary N) is 1. The highest BCUT2D eigenvalue weighted by atomic mass is 32.1. The van der Waals surface area contributed by atoms with Gasteiger partial charge in [0.2, 0.25) is 0 Å². The molecule has 0 fully saturated rings. The third kappa shape index (κ3) is 2.84. The van der Waals surface area contributed by atoms with Crippen LogP contribution in [0.4, 0.5) is 0 Å². The summed E-state index contributed by atoms with van der Waals surface area (Å²) in [6.45, 7) is 5.22. The molecule has 3 aromatic rings. The van der Waals surface area contributed by atoms with E-state index in [0.29, 0.717) is 21.6 Å². The van der Waals surface area contributed by atoms with Crippen LogP contribution in [0.25, 0.3) is 10.2 Å². The number of fused-ring (bicyclic) bond motifs is 2. The molecule has 5 nitrogen and oxygen atoms in total. The monoisotopic (exact) mass is 367 g/mol. The van der Waals surface area contributed by atoms with Gasteiger partial charge >= 0.3 is 0 Å². The molecular weight excluding hydrogens is 346 g/mol. The summed E-state index contributed by atoms with van der Waals surface area (Å²) < 4.78 is 1.75. The number of carbonyl (C=O) groups is 1. The number of aromatic nitrogens is 2. The van der Waals surface area contributed by atoms with Crippen molar-refractivity contribution in [2.75, 3.05) is 6.54 Å². The van der Waals surface area contributed by atoms with Crippen LogP contribution in [0.3, 0.4) is 0 Å². The first-order chi connectivity index (χ1) is 12.6. The molecule has 0 saturated heterocycles. The fraction of sp³-hybridized carbons (Fsp3) is 0.350. The van der Waals surface area contributed by atoms with Crippen molar-refractivity contribution in [3.8, 4) is 0 Å². The Bertz CT molecular complexity index is 1040. The zero-order valence-electron chi connectivity index (χ0n) is 14.9. The quantitative estimate of drug-likeness (QED) is 0.770. The number of amides is 1. The number of hydrogen-bond acceptors (Lipinski definition) is 4. The topological polar surface area (TPSA) is 64.0 Å². The molecule has 1 aliphatic rings. The third-order valence-corrected chi connectivity index (χ3v) is 6.24. The highest BCUT2D eigenvalue weighted by molar-refractivity contribution is 7.20. The van der Waals surface area contributed by atoms with Gasteiger partial charge in [-0.05, 0) is 30.4 Å². The van der Waals surface area contributed by atoms with E-state index in [0.717, 1.165) is 30.8 Å². The lowest BCUT2D eigenvalue weighted by molar-refractivity contribution is 0.0955. The van der Waals surface area contributed by atoms with Crippen molar-refractivity contribution >= 4 is 27.5 Å². The molecule has 2 aromatic heterocycles. The minimum Gasteiger partial charge on any atom is -0.351 e. The first-order valence-corrected chi connectivity index (χ1v) is 9.74. The molecular formula is C20H21N3O2S. The molecule has 1 aromatic carbocycles. The van der Waals surface area contributed by atoms with Crippen LogP contribution in [0.15, 0.2) is 35.1 Å². The average Bonchev–Trinajstić information content (AvgIpc) is 3.25. The van der Waals surface area contributed by atoms with E-state index < -0.39 is 0 Å². The van der Waals surface area contributed by atoms with Crippen LogP contribution in [0.1, 0.15) is 45.9 Å². The second-order valence-corrected chi connectivity index (χ2v) is 7.85. The summed E-state index contributed by atoms with van der Waals surface area (Å²) in [6, 6.07) is 10.1. The highest BCUT2D eigenvalue weighted by Crippen LogP contribution is 2.28. The van der Waals surface area contributed by atoms with Crippen LogP contribution in [0, 0.1) is 6.92 Å². The maximum absolute atomic E-state index is 12.7. The standard InChI is InChI=1S/C20H21N3O2S/c1-12(14-7-4-3-5-8-14)11-21-18(24)17-13(2)16-19(26-17)22-15-9-6-10-23(15)20(16)25/h3-5,7-8,12H,6,9-11H2,1-2H3,(H,21,24)/t12-/m0/s1. The van der Waals surface area contributed by atoms with E-state index >= 15 is 0 Å². The summed E-state index contributed by atoms with van der Waals surface area (Å²) in [7, 11) is 0. The van der Waals surface area contributed by atoms with Crippen molar-refractivity contribution in [1.82, 2.24) is 14.9 Å². The number of hydrogen-bond donors (Lipinski definition) is 1. The first kappa shape index (κ1) is 17.0. The summed E-state index contributed by atoms with van der Waals surface area (Å²) in [5, 5.41) is 3.61. The van der Waals surface area contributed by atoms with Crippen molar-refractivity contribution < 1.29 is 4.79 Å². The average molecular weight is 367 g/mol. The lowest BCUT2D eigenvalue weighted by Gasteiger charge is -2.12. The van der Waals surface area contributed by atoms with E-state index in [4.69, 9.17) is 0 Å². The Hall–Kier alpha value is -2.47. The zero-order valence-corrected chi connectivity index (χ0v) is 15.7. The summed E-state index contributed by atoms with van der Waals surface area (Å²) in [6.07, 6.45) is 1.79. The van der Waals surface area contributed by atoms with E-state index in [1.807, 2.05) is 25.1 Å². The van der Waals surface area contributed by atoms with Gasteiger partial charge in [-0.3, -0.25) is 14.2 Å². The SMILES string of the molecule is Cc1c(C(=O)NC[C@H](C)c2ccccc2)sc2nc3n(c(=O)c12)CCC3. The molecule has 1 N–H and O–H groups in total. The van der Waals surface area contributed by atoms with Crippen LogP contribution in [-0.4, -0.2) is 22.0 Å². The van der Waals surface area contributed by atoms with Gasteiger partial charge in [-0.15, -0.1) is 11.3 Å². The molecule has 0 aliphatic carbocycles. The molecule has 134 valence electrons. The van der Waals surface area contributed by atoms with Gasteiger partial charge in [0.15, 0.2) is 0 Å². The van der Waals surface area contributed by atoms with E-state index in [-0.39, 0.29) is 17.4 Å². The molecule has 0 spiro atoms. The van der Waals surface area contributed by atoms with Crippen LogP contribution in [0.5, 0.6) is 0 Å². The minimum absolute atomic E-state index is 0.00652. The van der Waals surface area contributed by atoms with E-state index in [1.54, 1.807) is 4.57 Å². The van der Waals surface area contributed by atoms with Gasteiger partial charge in [0.1, 0.15) is 10.7 Å². The molecule has 6 heteroatoms. The number of rotatable bonds is 4. The molecule has 0 saturated carbocycles. The van der Waals surface area contributed by atoms with Gasteiger partial charge in [0.05, 0.1) is 10.3 Å². The molecule has 3 heterocycles. The number of aryl methyl sites for hydroxylation is 2. The van der Waals surface area contributed by atoms with Gasteiger partial charge in [-0.1, -0.05) is 37.3 Å². The first-order valence-electron chi connectivity index (χ1n) is 8.92. The number of benzene rings is 1. The molecule has 1 amide bonds. The van der Waals surface area contributed by atoms with Crippen molar-refractivity contribution in [2.24, 2.45) is 0 Å². The predicted octanol–water partition coefficient (Wildman–Crippen LogP) is 3.25.